The molecule has 1 heterocycles. The van der Waals surface area contributed by atoms with Gasteiger partial charge in [0.1, 0.15) is 0 Å². The molecule has 2 rings (SSSR count). The summed E-state index contributed by atoms with van der Waals surface area (Å²) in [4.78, 5) is 11.0. The van der Waals surface area contributed by atoms with Gasteiger partial charge in [-0.1, -0.05) is 6.07 Å². The van der Waals surface area contributed by atoms with Crippen molar-refractivity contribution in [3.05, 3.63) is 23.3 Å². The minimum atomic E-state index is -4.49. The Labute approximate surface area is 126 Å². The van der Waals surface area contributed by atoms with Gasteiger partial charge in [-0.2, -0.15) is 18.3 Å². The van der Waals surface area contributed by atoms with Gasteiger partial charge in [0.25, 0.3) is 0 Å². The molecule has 3 N–H and O–H groups in total. The lowest BCUT2D eigenvalue weighted by Crippen LogP contribution is -2.49. The minimum Gasteiger partial charge on any atom is -0.371 e. The number of carbonyl (C=O) groups excluding carboxylic acids is 1. The summed E-state index contributed by atoms with van der Waals surface area (Å²) in [6.07, 6.45) is -4.49. The molecule has 5 nitrogen and oxygen atoms in total. The molecular formula is C14H17F3N4O. The third-order valence-electron chi connectivity index (χ3n) is 3.32. The van der Waals surface area contributed by atoms with E-state index in [1.165, 1.54) is 13.0 Å². The van der Waals surface area contributed by atoms with Crippen molar-refractivity contribution in [1.29, 1.82) is 0 Å². The van der Waals surface area contributed by atoms with Gasteiger partial charge in [-0.15, -0.1) is 0 Å². The topological polar surface area (TPSA) is 65.5 Å². The standard InChI is InChI=1S/C14H17F3N4O/c1-7-5-6-9(14(15,16)17)11-10(7)19-13(3,4)12(18-11)21-20-8(2)22/h5-6,19H,1-4H3,(H,18,21)(H,20,22). The van der Waals surface area contributed by atoms with Crippen LogP contribution in [0, 0.1) is 6.92 Å². The number of fused-ring (bicyclic) bond motifs is 1. The Bertz CT molecular complexity index is 650. The molecule has 1 amide bonds. The Morgan fingerprint density at radius 3 is 2.45 bits per heavy atom. The number of rotatable bonds is 1. The van der Waals surface area contributed by atoms with Gasteiger partial charge in [0.15, 0.2) is 5.84 Å². The zero-order valence-electron chi connectivity index (χ0n) is 12.6. The number of aryl methyl sites for hydroxylation is 1. The average Bonchev–Trinajstić information content (AvgIpc) is 2.35. The van der Waals surface area contributed by atoms with Gasteiger partial charge >= 0.3 is 6.18 Å². The second-order valence-electron chi connectivity index (χ2n) is 5.68. The van der Waals surface area contributed by atoms with Gasteiger partial charge < -0.3 is 10.6 Å². The fraction of sp³-hybridized carbons (Fsp3) is 0.429. The first-order chi connectivity index (χ1) is 10.0. The highest BCUT2D eigenvalue weighted by molar-refractivity contribution is 6.10. The molecule has 0 saturated carbocycles. The predicted molar refractivity (Wildman–Crippen MR) is 78.8 cm³/mol. The lowest BCUT2D eigenvalue weighted by atomic mass is 9.95. The molecule has 0 saturated heterocycles. The van der Waals surface area contributed by atoms with Gasteiger partial charge in [0.05, 0.1) is 22.5 Å². The van der Waals surface area contributed by atoms with Gasteiger partial charge in [-0.25, -0.2) is 5.43 Å². The number of nitrogens with zero attached hydrogens (tertiary/aromatic N) is 1. The number of amidine groups is 1. The normalized spacial score (nSPS) is 18.2. The molecule has 0 atom stereocenters. The third-order valence-corrected chi connectivity index (χ3v) is 3.32. The lowest BCUT2D eigenvalue weighted by molar-refractivity contribution is -0.136. The van der Waals surface area contributed by atoms with E-state index in [-0.39, 0.29) is 11.5 Å². The van der Waals surface area contributed by atoms with Gasteiger partial charge in [0.2, 0.25) is 5.91 Å². The fourth-order valence-electron chi connectivity index (χ4n) is 2.18. The Balaban J connectivity index is 2.56. The Hall–Kier alpha value is -2.25. The van der Waals surface area contributed by atoms with Crippen LogP contribution in [0.2, 0.25) is 0 Å². The highest BCUT2D eigenvalue weighted by Crippen LogP contribution is 2.43. The quantitative estimate of drug-likeness (QED) is 0.698. The highest BCUT2D eigenvalue weighted by Gasteiger charge is 2.40. The van der Waals surface area contributed by atoms with E-state index in [1.54, 1.807) is 20.8 Å². The number of alkyl halides is 3. The maximum atomic E-state index is 13.2. The summed E-state index contributed by atoms with van der Waals surface area (Å²) in [5.74, 6) is -0.206. The second-order valence-corrected chi connectivity index (χ2v) is 5.68. The molecule has 0 fully saturated rings. The highest BCUT2D eigenvalue weighted by atomic mass is 19.4. The number of amides is 1. The van der Waals surface area contributed by atoms with Crippen LogP contribution in [0.4, 0.5) is 24.5 Å². The van der Waals surface area contributed by atoms with Crippen LogP contribution in [-0.2, 0) is 11.0 Å². The Kier molecular flexibility index (Phi) is 3.80. The number of halogens is 3. The van der Waals surface area contributed by atoms with Gasteiger partial charge in [-0.05, 0) is 32.4 Å². The number of carbonyl (C=O) groups is 1. The smallest absolute Gasteiger partial charge is 0.371 e. The van der Waals surface area contributed by atoms with Crippen molar-refractivity contribution in [3.8, 4) is 0 Å². The molecule has 120 valence electrons. The van der Waals surface area contributed by atoms with Crippen molar-refractivity contribution >= 4 is 23.1 Å². The summed E-state index contributed by atoms with van der Waals surface area (Å²) >= 11 is 0. The van der Waals surface area contributed by atoms with Crippen LogP contribution in [0.25, 0.3) is 0 Å². The van der Waals surface area contributed by atoms with Gasteiger partial charge in [0, 0.05) is 6.92 Å². The van der Waals surface area contributed by atoms with Crippen molar-refractivity contribution in [2.45, 2.75) is 39.4 Å². The second kappa shape index (κ2) is 5.19. The van der Waals surface area contributed by atoms with Crippen LogP contribution in [-0.4, -0.2) is 17.3 Å². The van der Waals surface area contributed by atoms with Crippen LogP contribution < -0.4 is 16.1 Å². The molecular weight excluding hydrogens is 297 g/mol. The average molecular weight is 314 g/mol. The fourth-order valence-corrected chi connectivity index (χ4v) is 2.18. The molecule has 22 heavy (non-hydrogen) atoms. The van der Waals surface area contributed by atoms with Crippen molar-refractivity contribution in [3.63, 3.8) is 0 Å². The molecule has 0 radical (unpaired) electrons. The zero-order valence-corrected chi connectivity index (χ0v) is 12.6. The van der Waals surface area contributed by atoms with E-state index in [4.69, 9.17) is 0 Å². The Morgan fingerprint density at radius 1 is 1.27 bits per heavy atom. The molecule has 8 heteroatoms. The van der Waals surface area contributed by atoms with E-state index < -0.39 is 23.2 Å². The van der Waals surface area contributed by atoms with Crippen molar-refractivity contribution in [2.24, 2.45) is 5.10 Å². The molecule has 0 spiro atoms. The van der Waals surface area contributed by atoms with Crippen LogP contribution >= 0.6 is 0 Å². The third kappa shape index (κ3) is 3.00. The van der Waals surface area contributed by atoms with E-state index in [2.05, 4.69) is 21.2 Å². The van der Waals surface area contributed by atoms with E-state index in [0.717, 1.165) is 6.07 Å². The molecule has 0 aliphatic carbocycles. The molecule has 1 aliphatic rings. The predicted octanol–water partition coefficient (Wildman–Crippen LogP) is 3.08. The molecule has 1 aromatic carbocycles. The van der Waals surface area contributed by atoms with Crippen molar-refractivity contribution in [1.82, 2.24) is 5.43 Å². The summed E-state index contributed by atoms with van der Waals surface area (Å²) in [5.41, 5.74) is 1.67. The summed E-state index contributed by atoms with van der Waals surface area (Å²) in [7, 11) is 0. The molecule has 0 aromatic heterocycles. The summed E-state index contributed by atoms with van der Waals surface area (Å²) < 4.78 is 39.5. The molecule has 0 unspecified atom stereocenters. The number of hydrazone groups is 1. The molecule has 0 bridgehead atoms. The number of nitrogens with one attached hydrogen (secondary N) is 3. The SMILES string of the molecule is CC(=O)NN=C1Nc2c(C(F)(F)F)ccc(C)c2NC1(C)C. The van der Waals surface area contributed by atoms with E-state index in [1.807, 2.05) is 0 Å². The number of benzene rings is 1. The first-order valence-corrected chi connectivity index (χ1v) is 6.63. The zero-order chi connectivity index (χ0) is 16.7. The van der Waals surface area contributed by atoms with E-state index in [9.17, 15) is 18.0 Å². The first kappa shape index (κ1) is 16.1. The monoisotopic (exact) mass is 314 g/mol. The maximum Gasteiger partial charge on any atom is 0.418 e. The van der Waals surface area contributed by atoms with Crippen LogP contribution in [0.5, 0.6) is 0 Å². The lowest BCUT2D eigenvalue weighted by Gasteiger charge is -2.37. The van der Waals surface area contributed by atoms with Crippen LogP contribution in [0.15, 0.2) is 17.2 Å². The molecule has 1 aromatic rings. The molecule has 1 aliphatic heterocycles. The summed E-state index contributed by atoms with van der Waals surface area (Å²) in [6, 6.07) is 2.44. The van der Waals surface area contributed by atoms with Gasteiger partial charge in [-0.3, -0.25) is 4.79 Å². The number of anilines is 2. The number of hydrogen-bond acceptors (Lipinski definition) is 3. The summed E-state index contributed by atoms with van der Waals surface area (Å²) in [6.45, 7) is 6.50. The van der Waals surface area contributed by atoms with Crippen LogP contribution in [0.3, 0.4) is 0 Å². The number of hydrogen-bond donors (Lipinski definition) is 3. The summed E-state index contributed by atoms with van der Waals surface area (Å²) in [5, 5.41) is 9.62. The van der Waals surface area contributed by atoms with E-state index in [0.29, 0.717) is 11.3 Å². The minimum absolute atomic E-state index is 0.0871. The van der Waals surface area contributed by atoms with Crippen molar-refractivity contribution in [2.75, 3.05) is 10.6 Å². The van der Waals surface area contributed by atoms with E-state index >= 15 is 0 Å². The largest absolute Gasteiger partial charge is 0.418 e. The maximum absolute atomic E-state index is 13.2. The van der Waals surface area contributed by atoms with Crippen molar-refractivity contribution < 1.29 is 18.0 Å². The Morgan fingerprint density at radius 2 is 1.91 bits per heavy atom. The first-order valence-electron chi connectivity index (χ1n) is 6.63. The van der Waals surface area contributed by atoms with Crippen LogP contribution in [0.1, 0.15) is 31.9 Å².